The average Bonchev–Trinajstić information content (AvgIpc) is 3.38. The predicted molar refractivity (Wildman–Crippen MR) is 159 cm³/mol. The minimum atomic E-state index is -0.753. The number of benzene rings is 1. The van der Waals surface area contributed by atoms with E-state index in [9.17, 15) is 14.4 Å². The molecule has 6 rings (SSSR count). The van der Waals surface area contributed by atoms with E-state index in [1.807, 2.05) is 32.9 Å². The van der Waals surface area contributed by atoms with Gasteiger partial charge in [0, 0.05) is 55.1 Å². The van der Waals surface area contributed by atoms with Gasteiger partial charge in [0.2, 0.25) is 5.91 Å². The van der Waals surface area contributed by atoms with Crippen LogP contribution in [0.3, 0.4) is 0 Å². The first-order valence-corrected chi connectivity index (χ1v) is 15.8. The van der Waals surface area contributed by atoms with Gasteiger partial charge >= 0.3 is 0 Å². The lowest BCUT2D eigenvalue weighted by Gasteiger charge is -2.36. The van der Waals surface area contributed by atoms with Crippen LogP contribution in [0.25, 0.3) is 11.3 Å². The third-order valence-corrected chi connectivity index (χ3v) is 10.6. The lowest BCUT2D eigenvalue weighted by atomic mass is 9.80. The first-order chi connectivity index (χ1) is 19.7. The molecule has 0 radical (unpaired) electrons. The Hall–Kier alpha value is -2.82. The van der Waals surface area contributed by atoms with Crippen LogP contribution in [0, 0.1) is 17.3 Å². The van der Waals surface area contributed by atoms with Crippen LogP contribution in [-0.2, 0) is 14.3 Å². The van der Waals surface area contributed by atoms with Crippen LogP contribution in [0.5, 0.6) is 0 Å². The molecule has 1 unspecified atom stereocenters. The van der Waals surface area contributed by atoms with Gasteiger partial charge in [0.1, 0.15) is 18.7 Å². The van der Waals surface area contributed by atoms with Crippen molar-refractivity contribution in [2.45, 2.75) is 58.2 Å². The summed E-state index contributed by atoms with van der Waals surface area (Å²) in [5.41, 5.74) is 1.84. The third kappa shape index (κ3) is 5.53. The number of hydrogen-bond donors (Lipinski definition) is 1. The Kier molecular flexibility index (Phi) is 7.67. The molecule has 0 bridgehead atoms. The monoisotopic (exact) mass is 579 g/mol. The summed E-state index contributed by atoms with van der Waals surface area (Å²) >= 11 is 1.65. The molecule has 2 amide bonds. The number of fused-ring (bicyclic) bond motifs is 1. The lowest BCUT2D eigenvalue weighted by Crippen LogP contribution is -2.57. The fourth-order valence-electron chi connectivity index (χ4n) is 6.37. The van der Waals surface area contributed by atoms with E-state index >= 15 is 0 Å². The molecule has 1 saturated carbocycles. The van der Waals surface area contributed by atoms with Crippen LogP contribution < -0.4 is 10.2 Å². The molecule has 10 heteroatoms. The number of carbonyl (C=O) groups excluding carboxylic acids is 3. The standard InChI is InChI=1S/C31H41N5O4S/c1-5-31(2,3)27(29(39)36-16-22(19-6-7-19)26-25(36)24(37)17-40-26)33-28(38)21-10-8-20(9-11-21)23-18-41-30(32-23)35-14-12-34(4)13-15-35/h8-11,18-19,22,25-27H,5-7,12-17H2,1-4H3,(H,33,38)/t22-,25-,26-,27?/m1/s1. The number of anilines is 1. The zero-order valence-corrected chi connectivity index (χ0v) is 25.3. The molecule has 4 fully saturated rings. The third-order valence-electron chi connectivity index (χ3n) is 9.66. The van der Waals surface area contributed by atoms with E-state index in [1.54, 1.807) is 28.4 Å². The minimum absolute atomic E-state index is 0.0284. The molecule has 3 aliphatic heterocycles. The van der Waals surface area contributed by atoms with Crippen LogP contribution in [-0.4, -0.2) is 96.9 Å². The summed E-state index contributed by atoms with van der Waals surface area (Å²) in [5.74, 6) is 0.215. The van der Waals surface area contributed by atoms with Crippen LogP contribution in [0.4, 0.5) is 5.13 Å². The van der Waals surface area contributed by atoms with Crippen molar-refractivity contribution in [1.29, 1.82) is 0 Å². The van der Waals surface area contributed by atoms with Gasteiger partial charge < -0.3 is 24.8 Å². The second kappa shape index (κ2) is 11.1. The molecule has 0 spiro atoms. The largest absolute Gasteiger partial charge is 0.367 e. The molecule has 1 aliphatic carbocycles. The maximum absolute atomic E-state index is 14.1. The summed E-state index contributed by atoms with van der Waals surface area (Å²) < 4.78 is 5.87. The highest BCUT2D eigenvalue weighted by Gasteiger charge is 2.57. The number of rotatable bonds is 8. The molecule has 220 valence electrons. The zero-order valence-electron chi connectivity index (χ0n) is 24.5. The first kappa shape index (κ1) is 28.3. The summed E-state index contributed by atoms with van der Waals surface area (Å²) in [6.07, 6.45) is 2.74. The van der Waals surface area contributed by atoms with Crippen molar-refractivity contribution in [1.82, 2.24) is 20.1 Å². The summed E-state index contributed by atoms with van der Waals surface area (Å²) in [5, 5.41) is 6.15. The Morgan fingerprint density at radius 3 is 2.51 bits per heavy atom. The van der Waals surface area contributed by atoms with Gasteiger partial charge in [-0.1, -0.05) is 32.9 Å². The normalized spacial score (nSPS) is 25.9. The number of Topliss-reactive ketones (excluding diaryl/α,β-unsaturated/α-hetero) is 1. The summed E-state index contributed by atoms with van der Waals surface area (Å²) in [6, 6.07) is 6.13. The van der Waals surface area contributed by atoms with Crippen LogP contribution >= 0.6 is 11.3 Å². The van der Waals surface area contributed by atoms with Gasteiger partial charge in [0.25, 0.3) is 5.91 Å². The number of likely N-dealkylation sites (N-methyl/N-ethyl adjacent to an activating group) is 1. The number of nitrogens with one attached hydrogen (secondary N) is 1. The highest BCUT2D eigenvalue weighted by atomic mass is 32.1. The molecule has 4 atom stereocenters. The summed E-state index contributed by atoms with van der Waals surface area (Å²) in [4.78, 5) is 51.6. The van der Waals surface area contributed by atoms with E-state index in [1.165, 1.54) is 0 Å². The molecule has 1 aromatic carbocycles. The van der Waals surface area contributed by atoms with Gasteiger partial charge in [-0.05, 0) is 49.8 Å². The zero-order chi connectivity index (χ0) is 28.9. The molecule has 4 heterocycles. The number of piperazine rings is 1. The number of nitrogens with zero attached hydrogens (tertiary/aromatic N) is 4. The van der Waals surface area contributed by atoms with E-state index in [0.717, 1.165) is 55.4 Å². The van der Waals surface area contributed by atoms with E-state index in [0.29, 0.717) is 24.4 Å². The fourth-order valence-corrected chi connectivity index (χ4v) is 7.26. The smallest absolute Gasteiger partial charge is 0.251 e. The van der Waals surface area contributed by atoms with Crippen molar-refractivity contribution in [2.75, 3.05) is 51.3 Å². The maximum Gasteiger partial charge on any atom is 0.251 e. The fraction of sp³-hybridized carbons (Fsp3) is 0.613. The van der Waals surface area contributed by atoms with Crippen molar-refractivity contribution in [3.63, 3.8) is 0 Å². The van der Waals surface area contributed by atoms with Crippen molar-refractivity contribution in [2.24, 2.45) is 17.3 Å². The van der Waals surface area contributed by atoms with Gasteiger partial charge in [-0.25, -0.2) is 4.98 Å². The summed E-state index contributed by atoms with van der Waals surface area (Å²) in [6.45, 7) is 10.6. The van der Waals surface area contributed by atoms with Crippen molar-refractivity contribution in [3.8, 4) is 11.3 Å². The van der Waals surface area contributed by atoms with Crippen LogP contribution in [0.2, 0.25) is 0 Å². The number of ether oxygens (including phenoxy) is 1. The number of hydrogen-bond acceptors (Lipinski definition) is 8. The lowest BCUT2D eigenvalue weighted by molar-refractivity contribution is -0.140. The number of ketones is 1. The van der Waals surface area contributed by atoms with Crippen LogP contribution in [0.15, 0.2) is 29.6 Å². The highest BCUT2D eigenvalue weighted by molar-refractivity contribution is 7.14. The number of likely N-dealkylation sites (tertiary alicyclic amines) is 1. The Morgan fingerprint density at radius 2 is 1.85 bits per heavy atom. The van der Waals surface area contributed by atoms with Crippen molar-refractivity contribution in [3.05, 3.63) is 35.2 Å². The van der Waals surface area contributed by atoms with Gasteiger partial charge in [0.15, 0.2) is 10.9 Å². The van der Waals surface area contributed by atoms with E-state index < -0.39 is 17.5 Å². The number of carbonyl (C=O) groups is 3. The molecule has 9 nitrogen and oxygen atoms in total. The van der Waals surface area contributed by atoms with Crippen LogP contribution in [0.1, 0.15) is 50.4 Å². The van der Waals surface area contributed by atoms with Gasteiger partial charge in [-0.3, -0.25) is 14.4 Å². The molecular weight excluding hydrogens is 538 g/mol. The second-order valence-electron chi connectivity index (χ2n) is 12.8. The van der Waals surface area contributed by atoms with Crippen molar-refractivity contribution < 1.29 is 19.1 Å². The summed E-state index contributed by atoms with van der Waals surface area (Å²) in [7, 11) is 2.14. The SMILES string of the molecule is CCC(C)(C)C(NC(=O)c1ccc(-c2csc(N3CCN(C)CC3)n2)cc1)C(=O)N1C[C@H](C2CC2)[C@H]2OCC(=O)[C@H]21. The highest BCUT2D eigenvalue weighted by Crippen LogP contribution is 2.46. The number of thiazole rings is 1. The molecule has 41 heavy (non-hydrogen) atoms. The van der Waals surface area contributed by atoms with Gasteiger partial charge in [-0.2, -0.15) is 0 Å². The Balaban J connectivity index is 1.16. The topological polar surface area (TPSA) is 95.1 Å². The predicted octanol–water partition coefficient (Wildman–Crippen LogP) is 3.30. The van der Waals surface area contributed by atoms with Gasteiger partial charge in [0.05, 0.1) is 11.8 Å². The molecule has 3 saturated heterocycles. The molecule has 4 aliphatic rings. The molecular formula is C31H41N5O4S. The average molecular weight is 580 g/mol. The number of aromatic nitrogens is 1. The Labute approximate surface area is 246 Å². The van der Waals surface area contributed by atoms with E-state index in [-0.39, 0.29) is 36.2 Å². The molecule has 2 aromatic rings. The molecule has 1 N–H and O–H groups in total. The quantitative estimate of drug-likeness (QED) is 0.513. The second-order valence-corrected chi connectivity index (χ2v) is 13.6. The molecule has 1 aromatic heterocycles. The Bertz CT molecular complexity index is 1300. The van der Waals surface area contributed by atoms with E-state index in [2.05, 4.69) is 27.5 Å². The minimum Gasteiger partial charge on any atom is -0.367 e. The van der Waals surface area contributed by atoms with Gasteiger partial charge in [-0.15, -0.1) is 11.3 Å². The van der Waals surface area contributed by atoms with Crippen molar-refractivity contribution >= 4 is 34.1 Å². The van der Waals surface area contributed by atoms with E-state index in [4.69, 9.17) is 9.72 Å². The first-order valence-electron chi connectivity index (χ1n) is 14.9. The number of amides is 2. The Morgan fingerprint density at radius 1 is 1.15 bits per heavy atom. The maximum atomic E-state index is 14.1.